The van der Waals surface area contributed by atoms with Crippen molar-refractivity contribution < 1.29 is 0 Å². The molecule has 1 heterocycles. The van der Waals surface area contributed by atoms with Crippen molar-refractivity contribution in [2.75, 3.05) is 5.73 Å². The number of rotatable bonds is 0. The van der Waals surface area contributed by atoms with Crippen molar-refractivity contribution in [3.8, 4) is 0 Å². The van der Waals surface area contributed by atoms with Gasteiger partial charge in [-0.1, -0.05) is 33.0 Å². The van der Waals surface area contributed by atoms with E-state index >= 15 is 0 Å². The monoisotopic (exact) mass is 182 g/mol. The first kappa shape index (κ1) is 9.26. The SMILES string of the molecule is CC(C)(C)c1c(N)[nH]ccc1=S. The van der Waals surface area contributed by atoms with E-state index in [0.717, 1.165) is 10.1 Å². The first-order valence-corrected chi connectivity index (χ1v) is 4.31. The number of nitrogens with one attached hydrogen (secondary N) is 1. The van der Waals surface area contributed by atoms with Gasteiger partial charge in [0.25, 0.3) is 0 Å². The summed E-state index contributed by atoms with van der Waals surface area (Å²) in [5.41, 5.74) is 6.83. The van der Waals surface area contributed by atoms with E-state index in [0.29, 0.717) is 5.82 Å². The molecule has 66 valence electrons. The largest absolute Gasteiger partial charge is 0.385 e. The molecule has 0 bridgehead atoms. The Morgan fingerprint density at radius 1 is 1.42 bits per heavy atom. The zero-order valence-corrected chi connectivity index (χ0v) is 8.46. The van der Waals surface area contributed by atoms with Crippen LogP contribution in [0, 0.1) is 4.51 Å². The summed E-state index contributed by atoms with van der Waals surface area (Å²) in [4.78, 5) is 2.96. The van der Waals surface area contributed by atoms with Crippen LogP contribution in [0.3, 0.4) is 0 Å². The molecule has 3 N–H and O–H groups in total. The Morgan fingerprint density at radius 2 is 2.00 bits per heavy atom. The number of aromatic amines is 1. The van der Waals surface area contributed by atoms with Gasteiger partial charge in [0.05, 0.1) is 0 Å². The summed E-state index contributed by atoms with van der Waals surface area (Å²) in [7, 11) is 0. The predicted molar refractivity (Wildman–Crippen MR) is 54.7 cm³/mol. The molecule has 3 heteroatoms. The minimum Gasteiger partial charge on any atom is -0.385 e. The van der Waals surface area contributed by atoms with E-state index in [-0.39, 0.29) is 5.41 Å². The Morgan fingerprint density at radius 3 is 2.33 bits per heavy atom. The van der Waals surface area contributed by atoms with Gasteiger partial charge in [-0.25, -0.2) is 0 Å². The highest BCUT2D eigenvalue weighted by atomic mass is 32.1. The quantitative estimate of drug-likeness (QED) is 0.606. The highest BCUT2D eigenvalue weighted by Gasteiger charge is 2.18. The van der Waals surface area contributed by atoms with Crippen LogP contribution in [0.15, 0.2) is 12.3 Å². The molecule has 0 atom stereocenters. The van der Waals surface area contributed by atoms with Crippen LogP contribution in [0.4, 0.5) is 5.82 Å². The lowest BCUT2D eigenvalue weighted by atomic mass is 9.87. The second-order valence-electron chi connectivity index (χ2n) is 3.88. The summed E-state index contributed by atoms with van der Waals surface area (Å²) in [5, 5.41) is 0. The standard InChI is InChI=1S/C9H14N2S/c1-9(2,3)7-6(12)4-5-11-8(7)10/h4-5H,1-3H3,(H3,10,11,12). The second kappa shape index (κ2) is 2.90. The van der Waals surface area contributed by atoms with Crippen LogP contribution in [0.5, 0.6) is 0 Å². The van der Waals surface area contributed by atoms with Crippen molar-refractivity contribution in [2.45, 2.75) is 26.2 Å². The van der Waals surface area contributed by atoms with Crippen LogP contribution in [-0.2, 0) is 5.41 Å². The van der Waals surface area contributed by atoms with Crippen LogP contribution in [-0.4, -0.2) is 4.98 Å². The van der Waals surface area contributed by atoms with Crippen molar-refractivity contribution in [1.82, 2.24) is 4.98 Å². The molecule has 1 aromatic heterocycles. The average molecular weight is 182 g/mol. The van der Waals surface area contributed by atoms with Gasteiger partial charge in [0.2, 0.25) is 0 Å². The smallest absolute Gasteiger partial charge is 0.105 e. The first-order chi connectivity index (χ1) is 5.43. The van der Waals surface area contributed by atoms with Gasteiger partial charge in [-0.05, 0) is 11.5 Å². The third-order valence-corrected chi connectivity index (χ3v) is 2.08. The van der Waals surface area contributed by atoms with Gasteiger partial charge in [0.1, 0.15) is 5.82 Å². The number of aromatic nitrogens is 1. The second-order valence-corrected chi connectivity index (χ2v) is 4.32. The summed E-state index contributed by atoms with van der Waals surface area (Å²) in [6, 6.07) is 1.87. The van der Waals surface area contributed by atoms with Crippen LogP contribution in [0.2, 0.25) is 0 Å². The number of hydrogen-bond acceptors (Lipinski definition) is 2. The van der Waals surface area contributed by atoms with Crippen LogP contribution >= 0.6 is 12.2 Å². The van der Waals surface area contributed by atoms with Gasteiger partial charge in [-0.2, -0.15) is 0 Å². The summed E-state index contributed by atoms with van der Waals surface area (Å²) in [6.07, 6.45) is 1.77. The molecule has 0 aromatic carbocycles. The highest BCUT2D eigenvalue weighted by molar-refractivity contribution is 7.71. The third kappa shape index (κ3) is 1.67. The van der Waals surface area contributed by atoms with E-state index in [2.05, 4.69) is 25.8 Å². The Balaban J connectivity index is 3.42. The number of hydrogen-bond donors (Lipinski definition) is 2. The fourth-order valence-corrected chi connectivity index (χ4v) is 1.75. The van der Waals surface area contributed by atoms with Crippen molar-refractivity contribution >= 4 is 18.0 Å². The van der Waals surface area contributed by atoms with Gasteiger partial charge in [0.15, 0.2) is 0 Å². The van der Waals surface area contributed by atoms with Gasteiger partial charge < -0.3 is 10.7 Å². The Hall–Kier alpha value is -0.830. The Kier molecular flexibility index (Phi) is 2.24. The number of nitrogens with two attached hydrogens (primary N) is 1. The fourth-order valence-electron chi connectivity index (χ4n) is 1.27. The van der Waals surface area contributed by atoms with E-state index in [4.69, 9.17) is 18.0 Å². The molecular weight excluding hydrogens is 168 g/mol. The fraction of sp³-hybridized carbons (Fsp3) is 0.444. The van der Waals surface area contributed by atoms with Gasteiger partial charge in [-0.3, -0.25) is 0 Å². The van der Waals surface area contributed by atoms with E-state index < -0.39 is 0 Å². The molecule has 0 unspecified atom stereocenters. The lowest BCUT2D eigenvalue weighted by Gasteiger charge is -2.20. The average Bonchev–Trinajstić information content (AvgIpc) is 1.82. The van der Waals surface area contributed by atoms with Crippen LogP contribution in [0.1, 0.15) is 26.3 Å². The molecule has 0 aliphatic rings. The molecule has 2 nitrogen and oxygen atoms in total. The molecular formula is C9H14N2S. The molecule has 0 amide bonds. The third-order valence-electron chi connectivity index (χ3n) is 1.74. The maximum Gasteiger partial charge on any atom is 0.105 e. The Bertz CT molecular complexity index is 333. The van der Waals surface area contributed by atoms with Crippen molar-refractivity contribution in [1.29, 1.82) is 0 Å². The van der Waals surface area contributed by atoms with Crippen molar-refractivity contribution in [3.63, 3.8) is 0 Å². The van der Waals surface area contributed by atoms with Crippen LogP contribution in [0.25, 0.3) is 0 Å². The molecule has 0 spiro atoms. The summed E-state index contributed by atoms with van der Waals surface area (Å²) < 4.78 is 0.832. The molecule has 0 aliphatic heterocycles. The molecule has 0 fully saturated rings. The minimum atomic E-state index is 0.0128. The first-order valence-electron chi connectivity index (χ1n) is 3.90. The predicted octanol–water partition coefficient (Wildman–Crippen LogP) is 2.62. The number of nitrogen functional groups attached to an aromatic ring is 1. The van der Waals surface area contributed by atoms with Gasteiger partial charge in [-0.15, -0.1) is 0 Å². The minimum absolute atomic E-state index is 0.0128. The Labute approximate surface area is 77.8 Å². The molecule has 1 rings (SSSR count). The van der Waals surface area contributed by atoms with Crippen molar-refractivity contribution in [3.05, 3.63) is 22.3 Å². The van der Waals surface area contributed by atoms with E-state index in [9.17, 15) is 0 Å². The summed E-state index contributed by atoms with van der Waals surface area (Å²) in [6.45, 7) is 6.30. The molecule has 0 aliphatic carbocycles. The topological polar surface area (TPSA) is 41.8 Å². The molecule has 0 saturated heterocycles. The normalized spacial score (nSPS) is 11.6. The maximum absolute atomic E-state index is 5.79. The molecule has 12 heavy (non-hydrogen) atoms. The van der Waals surface area contributed by atoms with Crippen LogP contribution < -0.4 is 5.73 Å². The number of H-pyrrole nitrogens is 1. The number of anilines is 1. The molecule has 0 saturated carbocycles. The molecule has 0 radical (unpaired) electrons. The number of pyridine rings is 1. The molecule has 1 aromatic rings. The van der Waals surface area contributed by atoms with Gasteiger partial charge in [0, 0.05) is 16.3 Å². The summed E-state index contributed by atoms with van der Waals surface area (Å²) in [5.74, 6) is 0.676. The highest BCUT2D eigenvalue weighted by Crippen LogP contribution is 2.26. The summed E-state index contributed by atoms with van der Waals surface area (Å²) >= 11 is 5.19. The zero-order valence-electron chi connectivity index (χ0n) is 7.64. The lowest BCUT2D eigenvalue weighted by molar-refractivity contribution is 0.588. The van der Waals surface area contributed by atoms with E-state index in [1.165, 1.54) is 0 Å². The zero-order chi connectivity index (χ0) is 9.35. The van der Waals surface area contributed by atoms with Gasteiger partial charge >= 0.3 is 0 Å². The lowest BCUT2D eigenvalue weighted by Crippen LogP contribution is -2.15. The van der Waals surface area contributed by atoms with E-state index in [1.54, 1.807) is 6.20 Å². The van der Waals surface area contributed by atoms with Crippen molar-refractivity contribution in [2.24, 2.45) is 0 Å². The van der Waals surface area contributed by atoms with E-state index in [1.807, 2.05) is 6.07 Å². The maximum atomic E-state index is 5.79.